The molecule has 2 saturated heterocycles. The van der Waals surface area contributed by atoms with Crippen LogP contribution in [-0.2, 0) is 9.53 Å². The molecular weight excluding hydrogens is 348 g/mol. The van der Waals surface area contributed by atoms with Gasteiger partial charge in [0.1, 0.15) is 0 Å². The van der Waals surface area contributed by atoms with Gasteiger partial charge in [0.2, 0.25) is 5.91 Å². The molecule has 4 nitrogen and oxygen atoms in total. The molecule has 0 radical (unpaired) electrons. The van der Waals surface area contributed by atoms with Gasteiger partial charge < -0.3 is 15.4 Å². The maximum Gasteiger partial charge on any atom is 0.237 e. The summed E-state index contributed by atoms with van der Waals surface area (Å²) in [6.45, 7) is 1.53. The van der Waals surface area contributed by atoms with E-state index < -0.39 is 0 Å². The maximum absolute atomic E-state index is 12.7. The number of halogens is 1. The third-order valence-electron chi connectivity index (χ3n) is 6.29. The minimum Gasteiger partial charge on any atom is -0.373 e. The van der Waals surface area contributed by atoms with Crippen LogP contribution in [0, 0.1) is 11.8 Å². The first kappa shape index (κ1) is 19.7. The van der Waals surface area contributed by atoms with E-state index in [0.717, 1.165) is 25.9 Å². The molecule has 3 aliphatic rings. The number of amides is 1. The number of ether oxygens (including phenoxy) is 1. The summed E-state index contributed by atoms with van der Waals surface area (Å²) in [5.74, 6) is 1.26. The van der Waals surface area contributed by atoms with Gasteiger partial charge >= 0.3 is 0 Å². The van der Waals surface area contributed by atoms with Gasteiger partial charge in [0.15, 0.2) is 0 Å². The van der Waals surface area contributed by atoms with E-state index in [0.29, 0.717) is 24.4 Å². The van der Waals surface area contributed by atoms with Crippen molar-refractivity contribution in [2.75, 3.05) is 13.2 Å². The lowest BCUT2D eigenvalue weighted by Gasteiger charge is -2.32. The van der Waals surface area contributed by atoms with E-state index in [1.807, 2.05) is 6.07 Å². The Balaban J connectivity index is 0.00000196. The first-order chi connectivity index (χ1) is 12.3. The van der Waals surface area contributed by atoms with Crippen LogP contribution in [0.1, 0.15) is 56.6 Å². The van der Waals surface area contributed by atoms with Crippen molar-refractivity contribution in [2.24, 2.45) is 11.8 Å². The molecule has 1 aromatic rings. The van der Waals surface area contributed by atoms with Gasteiger partial charge in [-0.15, -0.1) is 12.4 Å². The summed E-state index contributed by atoms with van der Waals surface area (Å²) in [6, 6.07) is 11.0. The standard InChI is InChI=1S/C21H30N2O2.ClH/c24-21(19-13-16-9-4-5-11-18(16)23-19)22-14-17-10-6-12-25-20(17)15-7-2-1-3-8-15;/h1-3,7-8,16-20,23H,4-6,9-14H2,(H,22,24);1H. The molecule has 144 valence electrons. The second-order valence-corrected chi connectivity index (χ2v) is 7.96. The molecule has 1 amide bonds. The molecule has 1 aliphatic carbocycles. The fraction of sp³-hybridized carbons (Fsp3) is 0.667. The highest BCUT2D eigenvalue weighted by atomic mass is 35.5. The van der Waals surface area contributed by atoms with Crippen molar-refractivity contribution in [1.82, 2.24) is 10.6 Å². The van der Waals surface area contributed by atoms with E-state index in [-0.39, 0.29) is 30.5 Å². The molecule has 4 rings (SSSR count). The zero-order chi connectivity index (χ0) is 17.1. The Kier molecular flexibility index (Phi) is 6.96. The van der Waals surface area contributed by atoms with Crippen molar-refractivity contribution in [3.8, 4) is 0 Å². The Labute approximate surface area is 162 Å². The quantitative estimate of drug-likeness (QED) is 0.841. The molecule has 2 heterocycles. The summed E-state index contributed by atoms with van der Waals surface area (Å²) in [5.41, 5.74) is 1.23. The van der Waals surface area contributed by atoms with E-state index in [1.165, 1.54) is 31.2 Å². The number of rotatable bonds is 4. The monoisotopic (exact) mass is 378 g/mol. The molecule has 5 heteroatoms. The fourth-order valence-electron chi connectivity index (χ4n) is 4.94. The largest absolute Gasteiger partial charge is 0.373 e. The molecule has 0 spiro atoms. The highest BCUT2D eigenvalue weighted by Gasteiger charge is 2.38. The average Bonchev–Trinajstić information content (AvgIpc) is 3.11. The fourth-order valence-corrected chi connectivity index (χ4v) is 4.94. The molecule has 1 saturated carbocycles. The summed E-state index contributed by atoms with van der Waals surface area (Å²) in [6.07, 6.45) is 8.47. The summed E-state index contributed by atoms with van der Waals surface area (Å²) in [7, 11) is 0. The van der Waals surface area contributed by atoms with Gasteiger partial charge in [0, 0.05) is 25.1 Å². The zero-order valence-corrected chi connectivity index (χ0v) is 16.2. The molecule has 3 fully saturated rings. The van der Waals surface area contributed by atoms with Crippen LogP contribution in [0.3, 0.4) is 0 Å². The lowest BCUT2D eigenvalue weighted by atomic mass is 9.85. The molecule has 0 bridgehead atoms. The second kappa shape index (κ2) is 9.20. The van der Waals surface area contributed by atoms with Gasteiger partial charge in [-0.05, 0) is 43.6 Å². The number of fused-ring (bicyclic) bond motifs is 1. The van der Waals surface area contributed by atoms with E-state index in [9.17, 15) is 4.79 Å². The van der Waals surface area contributed by atoms with Crippen LogP contribution in [0.15, 0.2) is 30.3 Å². The Morgan fingerprint density at radius 1 is 1.12 bits per heavy atom. The summed E-state index contributed by atoms with van der Waals surface area (Å²) < 4.78 is 6.04. The van der Waals surface area contributed by atoms with E-state index in [4.69, 9.17) is 4.74 Å². The Morgan fingerprint density at radius 2 is 1.92 bits per heavy atom. The Morgan fingerprint density at radius 3 is 2.73 bits per heavy atom. The molecule has 1 aromatic carbocycles. The van der Waals surface area contributed by atoms with Crippen LogP contribution in [-0.4, -0.2) is 31.1 Å². The summed E-state index contributed by atoms with van der Waals surface area (Å²) in [5, 5.41) is 6.80. The highest BCUT2D eigenvalue weighted by molar-refractivity contribution is 5.85. The molecule has 5 unspecified atom stereocenters. The van der Waals surface area contributed by atoms with Crippen LogP contribution in [0.5, 0.6) is 0 Å². The van der Waals surface area contributed by atoms with Gasteiger partial charge in [-0.3, -0.25) is 4.79 Å². The lowest BCUT2D eigenvalue weighted by Crippen LogP contribution is -2.45. The minimum absolute atomic E-state index is 0. The van der Waals surface area contributed by atoms with Gasteiger partial charge in [-0.2, -0.15) is 0 Å². The topological polar surface area (TPSA) is 50.4 Å². The lowest BCUT2D eigenvalue weighted by molar-refractivity contribution is -0.123. The number of carbonyl (C=O) groups is 1. The third-order valence-corrected chi connectivity index (χ3v) is 6.29. The normalized spacial score (nSPS) is 33.8. The molecule has 5 atom stereocenters. The molecular formula is C21H31ClN2O2. The van der Waals surface area contributed by atoms with Crippen LogP contribution in [0.4, 0.5) is 0 Å². The number of carbonyl (C=O) groups excluding carboxylic acids is 1. The zero-order valence-electron chi connectivity index (χ0n) is 15.4. The van der Waals surface area contributed by atoms with Crippen molar-refractivity contribution in [3.63, 3.8) is 0 Å². The third kappa shape index (κ3) is 4.41. The maximum atomic E-state index is 12.7. The van der Waals surface area contributed by atoms with Gasteiger partial charge in [-0.1, -0.05) is 43.2 Å². The van der Waals surface area contributed by atoms with E-state index in [2.05, 4.69) is 34.9 Å². The second-order valence-electron chi connectivity index (χ2n) is 7.96. The van der Waals surface area contributed by atoms with Gasteiger partial charge in [0.25, 0.3) is 0 Å². The molecule has 26 heavy (non-hydrogen) atoms. The number of nitrogens with one attached hydrogen (secondary N) is 2. The van der Waals surface area contributed by atoms with Crippen molar-refractivity contribution in [3.05, 3.63) is 35.9 Å². The molecule has 2 aliphatic heterocycles. The summed E-state index contributed by atoms with van der Waals surface area (Å²) in [4.78, 5) is 12.7. The van der Waals surface area contributed by atoms with Crippen molar-refractivity contribution >= 4 is 18.3 Å². The van der Waals surface area contributed by atoms with Gasteiger partial charge in [0.05, 0.1) is 12.1 Å². The van der Waals surface area contributed by atoms with E-state index >= 15 is 0 Å². The summed E-state index contributed by atoms with van der Waals surface area (Å²) >= 11 is 0. The van der Waals surface area contributed by atoms with Crippen molar-refractivity contribution in [2.45, 2.75) is 63.1 Å². The van der Waals surface area contributed by atoms with Crippen LogP contribution < -0.4 is 10.6 Å². The molecule has 0 aromatic heterocycles. The predicted molar refractivity (Wildman–Crippen MR) is 105 cm³/mol. The predicted octanol–water partition coefficient (Wildman–Crippen LogP) is 3.61. The molecule has 2 N–H and O–H groups in total. The Hall–Kier alpha value is -1.10. The van der Waals surface area contributed by atoms with Crippen molar-refractivity contribution in [1.29, 1.82) is 0 Å². The average molecular weight is 379 g/mol. The minimum atomic E-state index is 0. The number of hydrogen-bond donors (Lipinski definition) is 2. The van der Waals surface area contributed by atoms with E-state index in [1.54, 1.807) is 0 Å². The van der Waals surface area contributed by atoms with Crippen LogP contribution >= 0.6 is 12.4 Å². The number of benzene rings is 1. The van der Waals surface area contributed by atoms with Gasteiger partial charge in [-0.25, -0.2) is 0 Å². The van der Waals surface area contributed by atoms with Crippen molar-refractivity contribution < 1.29 is 9.53 Å². The van der Waals surface area contributed by atoms with Crippen LogP contribution in [0.25, 0.3) is 0 Å². The first-order valence-electron chi connectivity index (χ1n) is 10.0. The number of hydrogen-bond acceptors (Lipinski definition) is 3. The Bertz CT molecular complexity index is 569. The SMILES string of the molecule is Cl.O=C(NCC1CCCOC1c1ccccc1)C1CC2CCCCC2N1. The van der Waals surface area contributed by atoms with Crippen LogP contribution in [0.2, 0.25) is 0 Å². The highest BCUT2D eigenvalue weighted by Crippen LogP contribution is 2.34. The first-order valence-corrected chi connectivity index (χ1v) is 10.0. The smallest absolute Gasteiger partial charge is 0.237 e.